The Morgan fingerprint density at radius 3 is 2.40 bits per heavy atom. The third-order valence-electron chi connectivity index (χ3n) is 8.68. The SMILES string of the molecule is CCOC(=O)C1=C(c2ccccc2)N=c2s/c(=C\c3cc(Cl)c(OCc4cccc5ccccc45)c(OC)c3)c(=O)n2[C@@H]1c1ccc(OCC)cc1. The minimum absolute atomic E-state index is 0.162. The highest BCUT2D eigenvalue weighted by molar-refractivity contribution is 7.07. The van der Waals surface area contributed by atoms with Gasteiger partial charge in [0.1, 0.15) is 12.4 Å². The first-order valence-corrected chi connectivity index (χ1v) is 18.1. The van der Waals surface area contributed by atoms with Gasteiger partial charge in [0.15, 0.2) is 16.3 Å². The van der Waals surface area contributed by atoms with Gasteiger partial charge >= 0.3 is 5.97 Å². The van der Waals surface area contributed by atoms with Crippen LogP contribution < -0.4 is 29.1 Å². The molecule has 6 aromatic rings. The van der Waals surface area contributed by atoms with E-state index in [-0.39, 0.29) is 24.3 Å². The molecule has 2 heterocycles. The molecule has 1 aliphatic heterocycles. The number of ether oxygens (including phenoxy) is 4. The summed E-state index contributed by atoms with van der Waals surface area (Å²) in [7, 11) is 1.55. The number of esters is 1. The van der Waals surface area contributed by atoms with Crippen LogP contribution in [0.1, 0.15) is 42.1 Å². The van der Waals surface area contributed by atoms with Crippen LogP contribution in [0.15, 0.2) is 125 Å². The van der Waals surface area contributed by atoms with E-state index in [0.29, 0.717) is 55.0 Å². The molecule has 0 N–H and O–H groups in total. The van der Waals surface area contributed by atoms with Crippen molar-refractivity contribution in [1.82, 2.24) is 4.57 Å². The summed E-state index contributed by atoms with van der Waals surface area (Å²) in [6, 6.07) is 33.7. The Labute approximate surface area is 309 Å². The fourth-order valence-electron chi connectivity index (χ4n) is 6.35. The number of fused-ring (bicyclic) bond motifs is 2. The summed E-state index contributed by atoms with van der Waals surface area (Å²) in [6.45, 7) is 4.62. The van der Waals surface area contributed by atoms with Crippen LogP contribution in [0.5, 0.6) is 17.2 Å². The molecule has 0 radical (unpaired) electrons. The maximum atomic E-state index is 14.4. The number of benzene rings is 5. The summed E-state index contributed by atoms with van der Waals surface area (Å²) in [6.07, 6.45) is 1.75. The fraction of sp³-hybridized carbons (Fsp3) is 0.167. The molecule has 0 unspecified atom stereocenters. The van der Waals surface area contributed by atoms with Crippen molar-refractivity contribution in [2.75, 3.05) is 20.3 Å². The molecule has 0 bridgehead atoms. The van der Waals surface area contributed by atoms with Crippen molar-refractivity contribution in [3.63, 3.8) is 0 Å². The zero-order valence-electron chi connectivity index (χ0n) is 28.8. The Hall–Kier alpha value is -5.64. The summed E-state index contributed by atoms with van der Waals surface area (Å²) in [5, 5.41) is 2.55. The van der Waals surface area contributed by atoms with Crippen molar-refractivity contribution in [2.45, 2.75) is 26.5 Å². The number of thiazole rings is 1. The predicted octanol–water partition coefficient (Wildman–Crippen LogP) is 7.73. The quantitative estimate of drug-likeness (QED) is 0.127. The zero-order chi connectivity index (χ0) is 36.2. The first kappa shape index (κ1) is 34.8. The minimum atomic E-state index is -0.814. The van der Waals surface area contributed by atoms with Crippen molar-refractivity contribution >= 4 is 51.5 Å². The van der Waals surface area contributed by atoms with Crippen molar-refractivity contribution in [3.8, 4) is 17.2 Å². The van der Waals surface area contributed by atoms with Crippen LogP contribution in [0.25, 0.3) is 22.5 Å². The van der Waals surface area contributed by atoms with Gasteiger partial charge < -0.3 is 18.9 Å². The van der Waals surface area contributed by atoms with Gasteiger partial charge in [-0.3, -0.25) is 9.36 Å². The lowest BCUT2D eigenvalue weighted by atomic mass is 9.93. The molecule has 52 heavy (non-hydrogen) atoms. The van der Waals surface area contributed by atoms with E-state index in [2.05, 4.69) is 18.2 Å². The fourth-order valence-corrected chi connectivity index (χ4v) is 7.63. The van der Waals surface area contributed by atoms with Gasteiger partial charge in [0, 0.05) is 5.56 Å². The smallest absolute Gasteiger partial charge is 0.338 e. The number of hydrogen-bond acceptors (Lipinski definition) is 8. The Kier molecular flexibility index (Phi) is 10.2. The number of methoxy groups -OCH3 is 1. The Balaban J connectivity index is 1.33. The van der Waals surface area contributed by atoms with Crippen LogP contribution in [0.3, 0.4) is 0 Å². The minimum Gasteiger partial charge on any atom is -0.494 e. The van der Waals surface area contributed by atoms with Gasteiger partial charge in [-0.1, -0.05) is 108 Å². The van der Waals surface area contributed by atoms with E-state index in [4.69, 9.17) is 35.5 Å². The maximum Gasteiger partial charge on any atom is 0.338 e. The molecule has 0 saturated heterocycles. The molecule has 262 valence electrons. The molecule has 10 heteroatoms. The van der Waals surface area contributed by atoms with E-state index in [1.807, 2.05) is 85.8 Å². The third-order valence-corrected chi connectivity index (χ3v) is 9.95. The van der Waals surface area contributed by atoms with E-state index >= 15 is 0 Å². The number of carbonyl (C=O) groups excluding carboxylic acids is 1. The lowest BCUT2D eigenvalue weighted by Gasteiger charge is -2.26. The topological polar surface area (TPSA) is 88.4 Å². The van der Waals surface area contributed by atoms with E-state index in [0.717, 1.165) is 21.9 Å². The molecule has 5 aromatic carbocycles. The van der Waals surface area contributed by atoms with Gasteiger partial charge in [0.05, 0.1) is 47.2 Å². The Morgan fingerprint density at radius 1 is 0.904 bits per heavy atom. The molecular weight excluding hydrogens is 696 g/mol. The normalized spacial score (nSPS) is 14.2. The molecule has 1 aliphatic rings. The molecule has 7 rings (SSSR count). The standard InChI is InChI=1S/C42H35ClN2O6S/c1-4-49-31-20-18-29(19-21-31)38-36(41(47)50-5-2)37(28-13-7-6-8-14-28)44-42-45(38)40(46)35(52-42)24-26-22-33(43)39(34(23-26)48-3)51-25-30-16-11-15-27-12-9-10-17-32(27)30/h6-24,38H,4-5,25H2,1-3H3/b35-24-/t38-/m1/s1. The average Bonchev–Trinajstić information content (AvgIpc) is 3.48. The lowest BCUT2D eigenvalue weighted by Crippen LogP contribution is -2.40. The molecule has 0 amide bonds. The van der Waals surface area contributed by atoms with Gasteiger partial charge in [0.25, 0.3) is 5.56 Å². The van der Waals surface area contributed by atoms with Gasteiger partial charge in [-0.05, 0) is 71.7 Å². The van der Waals surface area contributed by atoms with E-state index in [1.54, 1.807) is 36.8 Å². The second-order valence-electron chi connectivity index (χ2n) is 11.9. The van der Waals surface area contributed by atoms with Gasteiger partial charge in [-0.2, -0.15) is 0 Å². The third kappa shape index (κ3) is 6.85. The monoisotopic (exact) mass is 730 g/mol. The zero-order valence-corrected chi connectivity index (χ0v) is 30.4. The van der Waals surface area contributed by atoms with Crippen molar-refractivity contribution in [3.05, 3.63) is 162 Å². The molecule has 1 atom stereocenters. The highest BCUT2D eigenvalue weighted by Gasteiger charge is 2.35. The van der Waals surface area contributed by atoms with Crippen LogP contribution in [0, 0.1) is 0 Å². The summed E-state index contributed by atoms with van der Waals surface area (Å²) >= 11 is 8.05. The largest absolute Gasteiger partial charge is 0.494 e. The van der Waals surface area contributed by atoms with Crippen LogP contribution in [-0.2, 0) is 16.1 Å². The molecule has 8 nitrogen and oxygen atoms in total. The number of rotatable bonds is 11. The maximum absolute atomic E-state index is 14.4. The Morgan fingerprint density at radius 2 is 1.65 bits per heavy atom. The highest BCUT2D eigenvalue weighted by atomic mass is 35.5. The Bertz CT molecular complexity index is 2480. The van der Waals surface area contributed by atoms with Crippen molar-refractivity contribution in [1.29, 1.82) is 0 Å². The summed E-state index contributed by atoms with van der Waals surface area (Å²) in [5.74, 6) is 0.959. The molecule has 0 spiro atoms. The van der Waals surface area contributed by atoms with Gasteiger partial charge in [0.2, 0.25) is 0 Å². The van der Waals surface area contributed by atoms with Crippen LogP contribution in [-0.4, -0.2) is 30.9 Å². The second kappa shape index (κ2) is 15.3. The van der Waals surface area contributed by atoms with Crippen molar-refractivity contribution < 1.29 is 23.7 Å². The van der Waals surface area contributed by atoms with E-state index in [1.165, 1.54) is 11.3 Å². The number of aromatic nitrogens is 1. The molecule has 0 aliphatic carbocycles. The van der Waals surface area contributed by atoms with E-state index in [9.17, 15) is 9.59 Å². The van der Waals surface area contributed by atoms with Crippen molar-refractivity contribution in [2.24, 2.45) is 4.99 Å². The predicted molar refractivity (Wildman–Crippen MR) is 205 cm³/mol. The molecule has 0 fully saturated rings. The van der Waals surface area contributed by atoms with Crippen LogP contribution >= 0.6 is 22.9 Å². The van der Waals surface area contributed by atoms with Gasteiger partial charge in [-0.15, -0.1) is 0 Å². The highest BCUT2D eigenvalue weighted by Crippen LogP contribution is 2.38. The number of nitrogens with zero attached hydrogens (tertiary/aromatic N) is 2. The second-order valence-corrected chi connectivity index (χ2v) is 13.3. The molecule has 1 aromatic heterocycles. The lowest BCUT2D eigenvalue weighted by molar-refractivity contribution is -0.138. The average molecular weight is 731 g/mol. The van der Waals surface area contributed by atoms with E-state index < -0.39 is 12.0 Å². The van der Waals surface area contributed by atoms with Crippen LogP contribution in [0.4, 0.5) is 0 Å². The first-order valence-electron chi connectivity index (χ1n) is 16.9. The number of hydrogen-bond donors (Lipinski definition) is 0. The summed E-state index contributed by atoms with van der Waals surface area (Å²) in [5.41, 5.74) is 3.49. The number of carbonyl (C=O) groups is 1. The number of halogens is 1. The van der Waals surface area contributed by atoms with Gasteiger partial charge in [-0.25, -0.2) is 9.79 Å². The molecule has 0 saturated carbocycles. The summed E-state index contributed by atoms with van der Waals surface area (Å²) < 4.78 is 25.2. The molecular formula is C42H35ClN2O6S. The summed E-state index contributed by atoms with van der Waals surface area (Å²) in [4.78, 5) is 33.6. The first-order chi connectivity index (χ1) is 25.4. The van der Waals surface area contributed by atoms with Crippen LogP contribution in [0.2, 0.25) is 5.02 Å².